The number of nitrogen functional groups attached to an aromatic ring is 1. The van der Waals surface area contributed by atoms with Gasteiger partial charge in [0.05, 0.1) is 29.2 Å². The Morgan fingerprint density at radius 1 is 1.13 bits per heavy atom. The summed E-state index contributed by atoms with van der Waals surface area (Å²) in [5.41, 5.74) is 6.34. The number of halogens is 1. The molecule has 1 fully saturated rings. The van der Waals surface area contributed by atoms with E-state index in [0.717, 1.165) is 25.7 Å². The Morgan fingerprint density at radius 2 is 1.76 bits per heavy atom. The molecule has 214 valence electrons. The van der Waals surface area contributed by atoms with Crippen molar-refractivity contribution in [1.29, 1.82) is 0 Å². The smallest absolute Gasteiger partial charge is 0.305 e. The van der Waals surface area contributed by atoms with Crippen LogP contribution in [0.5, 0.6) is 0 Å². The highest BCUT2D eigenvalue weighted by molar-refractivity contribution is 7.80. The van der Waals surface area contributed by atoms with Crippen LogP contribution in [0.4, 0.5) is 5.69 Å². The molecule has 0 heterocycles. The molecule has 5 N–H and O–H groups in total. The predicted octanol–water partition coefficient (Wildman–Crippen LogP) is 4.46. The quantitative estimate of drug-likeness (QED) is 0.0955. The van der Waals surface area contributed by atoms with E-state index in [1.54, 1.807) is 19.1 Å². The van der Waals surface area contributed by atoms with Crippen LogP contribution < -0.4 is 16.4 Å². The van der Waals surface area contributed by atoms with Crippen molar-refractivity contribution in [2.75, 3.05) is 11.5 Å². The molecule has 0 radical (unpaired) electrons. The zero-order chi connectivity index (χ0) is 29.1. The van der Waals surface area contributed by atoms with Crippen molar-refractivity contribution in [1.82, 2.24) is 10.6 Å². The molecule has 38 heavy (non-hydrogen) atoms. The van der Waals surface area contributed by atoms with Crippen LogP contribution in [-0.4, -0.2) is 52.8 Å². The number of aliphatic carboxylic acids is 1. The molecule has 1 aromatic carbocycles. The van der Waals surface area contributed by atoms with Crippen LogP contribution in [0.25, 0.3) is 0 Å². The van der Waals surface area contributed by atoms with Gasteiger partial charge in [-0.2, -0.15) is 12.6 Å². The monoisotopic (exact) mass is 571 g/mol. The van der Waals surface area contributed by atoms with Crippen molar-refractivity contribution in [3.05, 3.63) is 28.8 Å². The summed E-state index contributed by atoms with van der Waals surface area (Å²) in [6, 6.07) is 3.15. The van der Waals surface area contributed by atoms with Crippen molar-refractivity contribution >= 4 is 59.8 Å². The van der Waals surface area contributed by atoms with Crippen LogP contribution in [0.3, 0.4) is 0 Å². The van der Waals surface area contributed by atoms with E-state index in [1.165, 1.54) is 32.3 Å². The number of ketones is 1. The van der Waals surface area contributed by atoms with Gasteiger partial charge in [0.1, 0.15) is 6.29 Å². The fourth-order valence-corrected chi connectivity index (χ4v) is 3.33. The lowest BCUT2D eigenvalue weighted by Crippen LogP contribution is -2.40. The Bertz CT molecular complexity index is 910. The summed E-state index contributed by atoms with van der Waals surface area (Å²) >= 11 is 9.89. The fraction of sp³-hybridized carbons (Fsp3) is 0.593. The largest absolute Gasteiger partial charge is 0.481 e. The van der Waals surface area contributed by atoms with E-state index in [2.05, 4.69) is 30.2 Å². The Hall–Kier alpha value is -2.59. The number of amides is 2. The molecule has 1 unspecified atom stereocenters. The standard InChI is InChI=1S/C12H15ClN2O2S.C12H21NO4.C3H6/c1-7(16)11(4-5-18)15-12(17)8-2-3-10(14)9(13)6-8;1-3-4-5-6-9(2)12(17)13-10(8-14)7-11(15)16;1-2-3-1/h2-3,6,11,18H,4-5,14H2,1H3,(H,15,17);8-10H,3-7H2,1-2H3,(H,13,17)(H,15,16);1-3H2/t11-;9?,10-;/m00./s1. The number of benzene rings is 1. The number of carboxylic acid groups (broad SMARTS) is 1. The molecule has 1 saturated carbocycles. The molecular weight excluding hydrogens is 530 g/mol. The third-order valence-corrected chi connectivity index (χ3v) is 5.99. The highest BCUT2D eigenvalue weighted by Crippen LogP contribution is 2.19. The summed E-state index contributed by atoms with van der Waals surface area (Å²) in [5, 5.41) is 13.9. The number of rotatable bonds is 14. The van der Waals surface area contributed by atoms with E-state index < -0.39 is 18.1 Å². The second-order valence-corrected chi connectivity index (χ2v) is 10.0. The van der Waals surface area contributed by atoms with E-state index in [9.17, 15) is 24.0 Å². The summed E-state index contributed by atoms with van der Waals surface area (Å²) in [6.45, 7) is 5.30. The maximum Gasteiger partial charge on any atom is 0.305 e. The average Bonchev–Trinajstić information content (AvgIpc) is 3.74. The zero-order valence-corrected chi connectivity index (χ0v) is 24.2. The number of aldehydes is 1. The first-order valence-electron chi connectivity index (χ1n) is 12.9. The van der Waals surface area contributed by atoms with E-state index >= 15 is 0 Å². The second-order valence-electron chi connectivity index (χ2n) is 9.19. The first-order chi connectivity index (χ1) is 18.0. The number of anilines is 1. The highest BCUT2D eigenvalue weighted by Gasteiger charge is 2.19. The molecular formula is C27H42ClN3O6S. The Balaban J connectivity index is 0.000000647. The van der Waals surface area contributed by atoms with Gasteiger partial charge in [0, 0.05) is 11.5 Å². The number of carbonyl (C=O) groups excluding carboxylic acids is 4. The van der Waals surface area contributed by atoms with Crippen molar-refractivity contribution in [3.8, 4) is 0 Å². The van der Waals surface area contributed by atoms with Crippen LogP contribution in [0.2, 0.25) is 5.02 Å². The third-order valence-electron chi connectivity index (χ3n) is 5.40. The molecule has 0 spiro atoms. The topological polar surface area (TPSA) is 156 Å². The summed E-state index contributed by atoms with van der Waals surface area (Å²) < 4.78 is 0. The lowest BCUT2D eigenvalue weighted by atomic mass is 10.0. The molecule has 3 atom stereocenters. The average molecular weight is 572 g/mol. The van der Waals surface area contributed by atoms with E-state index in [0.29, 0.717) is 34.7 Å². The first-order valence-corrected chi connectivity index (χ1v) is 13.9. The summed E-state index contributed by atoms with van der Waals surface area (Å²) in [7, 11) is 0. The molecule has 0 aromatic heterocycles. The number of carboxylic acids is 1. The van der Waals surface area contributed by atoms with Gasteiger partial charge in [-0.1, -0.05) is 64.0 Å². The number of Topliss-reactive ketones (excluding diaryl/α,β-unsaturated/α-hetero) is 1. The summed E-state index contributed by atoms with van der Waals surface area (Å²) in [5.74, 6) is -1.45. The lowest BCUT2D eigenvalue weighted by Gasteiger charge is -2.15. The van der Waals surface area contributed by atoms with Gasteiger partial charge in [0.2, 0.25) is 5.91 Å². The molecule has 1 aromatic rings. The number of nitrogens with one attached hydrogen (secondary N) is 2. The number of unbranched alkanes of at least 4 members (excludes halogenated alkanes) is 2. The van der Waals surface area contributed by atoms with Crippen LogP contribution in [0.1, 0.15) is 88.9 Å². The number of carbonyl (C=O) groups is 5. The van der Waals surface area contributed by atoms with Gasteiger partial charge in [-0.25, -0.2) is 0 Å². The van der Waals surface area contributed by atoms with Crippen LogP contribution in [-0.2, 0) is 19.2 Å². The maximum atomic E-state index is 11.9. The van der Waals surface area contributed by atoms with Gasteiger partial charge in [0.25, 0.3) is 5.91 Å². The first kappa shape index (κ1) is 35.4. The van der Waals surface area contributed by atoms with Gasteiger partial charge >= 0.3 is 5.97 Å². The van der Waals surface area contributed by atoms with Crippen molar-refractivity contribution < 1.29 is 29.1 Å². The molecule has 0 aliphatic heterocycles. The Labute approximate surface area is 236 Å². The maximum absolute atomic E-state index is 11.9. The minimum atomic E-state index is -1.10. The number of hydrogen-bond acceptors (Lipinski definition) is 7. The SMILES string of the molecule is C1CC1.CC(=O)[C@H](CCS)NC(=O)c1ccc(N)c(Cl)c1.CCCCCC(C)C(=O)N[C@H](C=O)CC(=O)O. The molecule has 11 heteroatoms. The summed E-state index contributed by atoms with van der Waals surface area (Å²) in [4.78, 5) is 55.9. The zero-order valence-electron chi connectivity index (χ0n) is 22.5. The van der Waals surface area contributed by atoms with E-state index in [-0.39, 0.29) is 29.9 Å². The van der Waals surface area contributed by atoms with E-state index in [4.69, 9.17) is 22.4 Å². The van der Waals surface area contributed by atoms with Crippen LogP contribution in [0.15, 0.2) is 18.2 Å². The second kappa shape index (κ2) is 20.4. The van der Waals surface area contributed by atoms with Gasteiger partial charge in [-0.3, -0.25) is 19.2 Å². The van der Waals surface area contributed by atoms with Crippen molar-refractivity contribution in [2.45, 2.75) is 90.6 Å². The Kier molecular flexibility index (Phi) is 19.0. The van der Waals surface area contributed by atoms with Gasteiger partial charge in [-0.05, 0) is 43.7 Å². The molecule has 0 saturated heterocycles. The fourth-order valence-electron chi connectivity index (χ4n) is 2.89. The molecule has 2 amide bonds. The number of nitrogens with two attached hydrogens (primary N) is 1. The van der Waals surface area contributed by atoms with E-state index in [1.807, 2.05) is 0 Å². The lowest BCUT2D eigenvalue weighted by molar-refractivity contribution is -0.139. The molecule has 0 bridgehead atoms. The number of hydrogen-bond donors (Lipinski definition) is 5. The molecule has 9 nitrogen and oxygen atoms in total. The van der Waals surface area contributed by atoms with Crippen LogP contribution >= 0.6 is 24.2 Å². The molecule has 1 aliphatic rings. The van der Waals surface area contributed by atoms with Crippen LogP contribution in [0, 0.1) is 5.92 Å². The Morgan fingerprint density at radius 3 is 2.21 bits per heavy atom. The summed E-state index contributed by atoms with van der Waals surface area (Å²) in [6.07, 6.45) is 8.98. The molecule has 2 rings (SSSR count). The van der Waals surface area contributed by atoms with Crippen molar-refractivity contribution in [2.24, 2.45) is 5.92 Å². The van der Waals surface area contributed by atoms with Gasteiger partial charge < -0.3 is 26.3 Å². The normalized spacial score (nSPS) is 13.7. The minimum absolute atomic E-state index is 0.0982. The minimum Gasteiger partial charge on any atom is -0.481 e. The van der Waals surface area contributed by atoms with Gasteiger partial charge in [-0.15, -0.1) is 0 Å². The van der Waals surface area contributed by atoms with Gasteiger partial charge in [0.15, 0.2) is 5.78 Å². The predicted molar refractivity (Wildman–Crippen MR) is 154 cm³/mol. The third kappa shape index (κ3) is 17.0. The molecule has 1 aliphatic carbocycles. The number of thiol groups is 1. The highest BCUT2D eigenvalue weighted by atomic mass is 35.5. The van der Waals surface area contributed by atoms with Crippen molar-refractivity contribution in [3.63, 3.8) is 0 Å².